The first-order valence-electron chi connectivity index (χ1n) is 6.07. The third kappa shape index (κ3) is 3.91. The van der Waals surface area contributed by atoms with E-state index in [9.17, 15) is 14.9 Å². The first-order chi connectivity index (χ1) is 9.61. The van der Waals surface area contributed by atoms with Crippen molar-refractivity contribution in [3.63, 3.8) is 0 Å². The van der Waals surface area contributed by atoms with Gasteiger partial charge in [0.1, 0.15) is 6.21 Å². The summed E-state index contributed by atoms with van der Waals surface area (Å²) in [5.74, 6) is -0.323. The Hall–Kier alpha value is -2.64. The maximum Gasteiger partial charge on any atom is 0.269 e. The molecule has 0 atom stereocenters. The van der Waals surface area contributed by atoms with Crippen LogP contribution in [-0.4, -0.2) is 53.3 Å². The molecule has 8 heteroatoms. The minimum absolute atomic E-state index is 0. The smallest absolute Gasteiger partial charge is 0.269 e. The number of carbonyl (C=O) groups is 1. The third-order valence-electron chi connectivity index (χ3n) is 3.19. The zero-order valence-corrected chi connectivity index (χ0v) is 10.7. The number of benzene rings is 1. The predicted octanol–water partition coefficient (Wildman–Crippen LogP) is 1.34. The van der Waals surface area contributed by atoms with Crippen LogP contribution in [0.2, 0.25) is 0 Å². The van der Waals surface area contributed by atoms with E-state index in [0.717, 1.165) is 11.9 Å². The van der Waals surface area contributed by atoms with Gasteiger partial charge in [-0.05, 0) is 12.1 Å². The van der Waals surface area contributed by atoms with Crippen molar-refractivity contribution in [2.24, 2.45) is 5.16 Å². The van der Waals surface area contributed by atoms with Gasteiger partial charge in [-0.25, -0.2) is 0 Å². The standard InChI is InChI=1S/C12H14N4O4.CH4/c17-12(9-13-18)15-7-5-14(6-8-15)10-1-3-11(4-2-10)16(19)20;/h1-4,9,18H,5-8H2;1H4/b13-9+;. The molecule has 0 saturated carbocycles. The maximum atomic E-state index is 11.5. The summed E-state index contributed by atoms with van der Waals surface area (Å²) in [6, 6.07) is 6.33. The van der Waals surface area contributed by atoms with E-state index in [2.05, 4.69) is 5.16 Å². The zero-order chi connectivity index (χ0) is 14.5. The lowest BCUT2D eigenvalue weighted by molar-refractivity contribution is -0.384. The zero-order valence-electron chi connectivity index (χ0n) is 10.7. The topological polar surface area (TPSA) is 99.3 Å². The number of hydrogen-bond donors (Lipinski definition) is 1. The summed E-state index contributed by atoms with van der Waals surface area (Å²) in [6.45, 7) is 2.29. The monoisotopic (exact) mass is 294 g/mol. The minimum atomic E-state index is -0.436. The summed E-state index contributed by atoms with van der Waals surface area (Å²) in [4.78, 5) is 25.3. The van der Waals surface area contributed by atoms with Crippen LogP contribution in [-0.2, 0) is 4.79 Å². The fourth-order valence-electron chi connectivity index (χ4n) is 2.10. The summed E-state index contributed by atoms with van der Waals surface area (Å²) in [5.41, 5.74) is 0.945. The molecule has 0 bridgehead atoms. The lowest BCUT2D eigenvalue weighted by Gasteiger charge is -2.35. The highest BCUT2D eigenvalue weighted by molar-refractivity contribution is 6.25. The van der Waals surface area contributed by atoms with Crippen LogP contribution in [0.5, 0.6) is 0 Å². The second-order valence-corrected chi connectivity index (χ2v) is 4.33. The van der Waals surface area contributed by atoms with Crippen molar-refractivity contribution in [1.29, 1.82) is 0 Å². The van der Waals surface area contributed by atoms with Crippen LogP contribution >= 0.6 is 0 Å². The molecule has 1 amide bonds. The molecule has 1 saturated heterocycles. The van der Waals surface area contributed by atoms with E-state index in [1.54, 1.807) is 17.0 Å². The molecule has 0 aromatic heterocycles. The second kappa shape index (κ2) is 7.22. The van der Waals surface area contributed by atoms with Gasteiger partial charge >= 0.3 is 0 Å². The van der Waals surface area contributed by atoms with Crippen molar-refractivity contribution in [2.75, 3.05) is 31.1 Å². The van der Waals surface area contributed by atoms with Crippen LogP contribution < -0.4 is 4.90 Å². The van der Waals surface area contributed by atoms with Crippen molar-refractivity contribution in [3.8, 4) is 0 Å². The van der Waals surface area contributed by atoms with E-state index in [1.165, 1.54) is 12.1 Å². The molecular formula is C13H18N4O4. The number of oxime groups is 1. The molecule has 114 valence electrons. The Morgan fingerprint density at radius 1 is 1.24 bits per heavy atom. The van der Waals surface area contributed by atoms with Gasteiger partial charge in [-0.2, -0.15) is 0 Å². The van der Waals surface area contributed by atoms with E-state index in [0.29, 0.717) is 26.2 Å². The van der Waals surface area contributed by atoms with Crippen LogP contribution in [0, 0.1) is 10.1 Å². The van der Waals surface area contributed by atoms with Crippen LogP contribution in [0.25, 0.3) is 0 Å². The molecule has 0 aliphatic carbocycles. The third-order valence-corrected chi connectivity index (χ3v) is 3.19. The molecule has 1 aromatic carbocycles. The highest BCUT2D eigenvalue weighted by atomic mass is 16.6. The van der Waals surface area contributed by atoms with Crippen molar-refractivity contribution in [2.45, 2.75) is 7.43 Å². The number of non-ortho nitro benzene ring substituents is 1. The van der Waals surface area contributed by atoms with Gasteiger partial charge < -0.3 is 15.0 Å². The Balaban J connectivity index is 0.00000220. The predicted molar refractivity (Wildman–Crippen MR) is 78.9 cm³/mol. The molecule has 1 aliphatic heterocycles. The number of nitrogens with zero attached hydrogens (tertiary/aromatic N) is 4. The summed E-state index contributed by atoms with van der Waals surface area (Å²) in [6.07, 6.45) is 0.877. The quantitative estimate of drug-likeness (QED) is 0.392. The molecule has 1 N–H and O–H groups in total. The fraction of sp³-hybridized carbons (Fsp3) is 0.385. The van der Waals surface area contributed by atoms with E-state index < -0.39 is 4.92 Å². The fourth-order valence-corrected chi connectivity index (χ4v) is 2.10. The minimum Gasteiger partial charge on any atom is -0.411 e. The van der Waals surface area contributed by atoms with Crippen molar-refractivity contribution < 1.29 is 14.9 Å². The molecule has 21 heavy (non-hydrogen) atoms. The maximum absolute atomic E-state index is 11.5. The van der Waals surface area contributed by atoms with Gasteiger partial charge in [-0.3, -0.25) is 14.9 Å². The molecule has 1 fully saturated rings. The van der Waals surface area contributed by atoms with Gasteiger partial charge in [0.25, 0.3) is 11.6 Å². The van der Waals surface area contributed by atoms with Crippen molar-refractivity contribution in [1.82, 2.24) is 4.90 Å². The summed E-state index contributed by atoms with van der Waals surface area (Å²) in [7, 11) is 0. The van der Waals surface area contributed by atoms with Gasteiger partial charge in [-0.1, -0.05) is 12.6 Å². The van der Waals surface area contributed by atoms with Gasteiger partial charge in [-0.15, -0.1) is 0 Å². The Morgan fingerprint density at radius 2 is 1.81 bits per heavy atom. The summed E-state index contributed by atoms with van der Waals surface area (Å²) in [5, 5.41) is 21.6. The average molecular weight is 294 g/mol. The second-order valence-electron chi connectivity index (χ2n) is 4.33. The largest absolute Gasteiger partial charge is 0.411 e. The SMILES string of the molecule is C.O=C(/C=N/O)N1CCN(c2ccc([N+](=O)[O-])cc2)CC1. The van der Waals surface area contributed by atoms with Gasteiger partial charge in [0.2, 0.25) is 0 Å². The first kappa shape index (κ1) is 16.4. The molecule has 1 heterocycles. The van der Waals surface area contributed by atoms with Crippen molar-refractivity contribution >= 4 is 23.5 Å². The number of amides is 1. The van der Waals surface area contributed by atoms with Crippen LogP contribution in [0.4, 0.5) is 11.4 Å². The number of nitro groups is 1. The molecule has 0 radical (unpaired) electrons. The average Bonchev–Trinajstić information content (AvgIpc) is 2.48. The van der Waals surface area contributed by atoms with Gasteiger partial charge in [0.15, 0.2) is 0 Å². The van der Waals surface area contributed by atoms with Gasteiger partial charge in [0.05, 0.1) is 4.92 Å². The summed E-state index contributed by atoms with van der Waals surface area (Å²) >= 11 is 0. The number of nitro benzene ring substituents is 1. The van der Waals surface area contributed by atoms with Crippen LogP contribution in [0.15, 0.2) is 29.4 Å². The molecule has 8 nitrogen and oxygen atoms in total. The number of carbonyl (C=O) groups excluding carboxylic acids is 1. The summed E-state index contributed by atoms with van der Waals surface area (Å²) < 4.78 is 0. The molecule has 1 aliphatic rings. The lowest BCUT2D eigenvalue weighted by atomic mass is 10.2. The first-order valence-corrected chi connectivity index (χ1v) is 6.07. The van der Waals surface area contributed by atoms with E-state index in [4.69, 9.17) is 5.21 Å². The van der Waals surface area contributed by atoms with Crippen molar-refractivity contribution in [3.05, 3.63) is 34.4 Å². The number of anilines is 1. The Morgan fingerprint density at radius 3 is 2.29 bits per heavy atom. The Kier molecular flexibility index (Phi) is 5.65. The lowest BCUT2D eigenvalue weighted by Crippen LogP contribution is -2.49. The Bertz CT molecular complexity index is 521. The molecule has 0 spiro atoms. The molecule has 1 aromatic rings. The van der Waals surface area contributed by atoms with E-state index in [1.807, 2.05) is 4.90 Å². The Labute approximate surface area is 122 Å². The molecular weight excluding hydrogens is 276 g/mol. The van der Waals surface area contributed by atoms with Crippen LogP contribution in [0.1, 0.15) is 7.43 Å². The highest BCUT2D eigenvalue weighted by Gasteiger charge is 2.20. The highest BCUT2D eigenvalue weighted by Crippen LogP contribution is 2.20. The normalized spacial score (nSPS) is 14.9. The number of piperazine rings is 1. The number of rotatable bonds is 3. The molecule has 2 rings (SSSR count). The number of hydrogen-bond acceptors (Lipinski definition) is 6. The van der Waals surface area contributed by atoms with E-state index >= 15 is 0 Å². The van der Waals surface area contributed by atoms with E-state index in [-0.39, 0.29) is 19.0 Å². The van der Waals surface area contributed by atoms with Gasteiger partial charge in [0, 0.05) is 44.0 Å². The molecule has 0 unspecified atom stereocenters. The van der Waals surface area contributed by atoms with Crippen LogP contribution in [0.3, 0.4) is 0 Å².